The average Bonchev–Trinajstić information content (AvgIpc) is 2.82. The van der Waals surface area contributed by atoms with Crippen LogP contribution in [0.1, 0.15) is 25.7 Å². The van der Waals surface area contributed by atoms with E-state index in [0.29, 0.717) is 11.8 Å². The molecule has 0 aromatic carbocycles. The van der Waals surface area contributed by atoms with Crippen molar-refractivity contribution in [1.29, 1.82) is 0 Å². The maximum absolute atomic E-state index is 5.59. The Bertz CT molecular complexity index is 349. The van der Waals surface area contributed by atoms with Crippen molar-refractivity contribution in [2.75, 3.05) is 31.2 Å². The quantitative estimate of drug-likeness (QED) is 0.806. The van der Waals surface area contributed by atoms with Crippen molar-refractivity contribution in [1.82, 2.24) is 14.9 Å². The molecule has 1 heterocycles. The van der Waals surface area contributed by atoms with Gasteiger partial charge in [-0.3, -0.25) is 0 Å². The van der Waals surface area contributed by atoms with E-state index in [1.54, 1.807) is 12.3 Å². The van der Waals surface area contributed by atoms with Gasteiger partial charge in [-0.2, -0.15) is 4.98 Å². The van der Waals surface area contributed by atoms with Crippen LogP contribution in [-0.4, -0.2) is 41.0 Å². The Labute approximate surface area is 102 Å². The summed E-state index contributed by atoms with van der Waals surface area (Å²) >= 11 is 0. The normalized spacial score (nSPS) is 16.6. The lowest BCUT2D eigenvalue weighted by molar-refractivity contribution is 0.254. The Morgan fingerprint density at radius 3 is 2.94 bits per heavy atom. The molecule has 0 bridgehead atoms. The van der Waals surface area contributed by atoms with Gasteiger partial charge in [-0.05, 0) is 26.0 Å². The number of likely N-dealkylation sites (N-methyl/N-ethyl adjacent to an activating group) is 1. The maximum Gasteiger partial charge on any atom is 0.224 e. The molecule has 1 aromatic heterocycles. The highest BCUT2D eigenvalue weighted by atomic mass is 15.2. The zero-order chi connectivity index (χ0) is 12.1. The minimum atomic E-state index is 0.506. The lowest BCUT2D eigenvalue weighted by atomic mass is 10.2. The molecule has 2 rings (SSSR count). The first kappa shape index (κ1) is 12.1. The number of nitrogens with zero attached hydrogens (tertiary/aromatic N) is 3. The largest absolute Gasteiger partial charge is 0.384 e. The molecule has 0 radical (unpaired) electrons. The summed E-state index contributed by atoms with van der Waals surface area (Å²) in [4.78, 5) is 10.6. The van der Waals surface area contributed by atoms with Crippen molar-refractivity contribution < 1.29 is 0 Å². The second-order valence-electron chi connectivity index (χ2n) is 4.65. The van der Waals surface area contributed by atoms with Crippen LogP contribution < -0.4 is 11.1 Å². The van der Waals surface area contributed by atoms with Gasteiger partial charge < -0.3 is 16.0 Å². The molecule has 0 saturated heterocycles. The smallest absolute Gasteiger partial charge is 0.224 e. The van der Waals surface area contributed by atoms with Crippen molar-refractivity contribution in [3.8, 4) is 0 Å². The van der Waals surface area contributed by atoms with Gasteiger partial charge in [-0.1, -0.05) is 12.8 Å². The van der Waals surface area contributed by atoms with Crippen LogP contribution in [0.2, 0.25) is 0 Å². The Morgan fingerprint density at radius 2 is 2.24 bits per heavy atom. The fourth-order valence-electron chi connectivity index (χ4n) is 2.33. The van der Waals surface area contributed by atoms with E-state index in [1.807, 2.05) is 0 Å². The molecule has 1 aromatic rings. The lowest BCUT2D eigenvalue weighted by Crippen LogP contribution is -2.33. The third-order valence-corrected chi connectivity index (χ3v) is 3.37. The van der Waals surface area contributed by atoms with Gasteiger partial charge in [0.05, 0.1) is 0 Å². The highest BCUT2D eigenvalue weighted by Gasteiger charge is 2.18. The first-order valence-electron chi connectivity index (χ1n) is 6.28. The van der Waals surface area contributed by atoms with E-state index in [0.717, 1.165) is 19.1 Å². The molecule has 1 aliphatic carbocycles. The molecular weight excluding hydrogens is 214 g/mol. The van der Waals surface area contributed by atoms with Crippen molar-refractivity contribution in [2.24, 2.45) is 0 Å². The van der Waals surface area contributed by atoms with Gasteiger partial charge in [0.15, 0.2) is 0 Å². The summed E-state index contributed by atoms with van der Waals surface area (Å²) < 4.78 is 0. The standard InChI is InChI=1S/C12H21N5/c1-17(10-4-2-3-5-10)9-8-15-12-14-7-6-11(13)16-12/h6-7,10H,2-5,8-9H2,1H3,(H3,13,14,15,16). The maximum atomic E-state index is 5.59. The second-order valence-corrected chi connectivity index (χ2v) is 4.65. The van der Waals surface area contributed by atoms with E-state index >= 15 is 0 Å². The molecule has 0 spiro atoms. The Morgan fingerprint density at radius 1 is 1.47 bits per heavy atom. The Kier molecular flexibility index (Phi) is 4.14. The zero-order valence-corrected chi connectivity index (χ0v) is 10.4. The van der Waals surface area contributed by atoms with E-state index in [1.165, 1.54) is 25.7 Å². The molecule has 17 heavy (non-hydrogen) atoms. The number of hydrogen-bond acceptors (Lipinski definition) is 5. The van der Waals surface area contributed by atoms with Crippen LogP contribution in [-0.2, 0) is 0 Å². The van der Waals surface area contributed by atoms with Crippen LogP contribution in [0.4, 0.5) is 11.8 Å². The van der Waals surface area contributed by atoms with Crippen molar-refractivity contribution in [3.63, 3.8) is 0 Å². The number of aromatic nitrogens is 2. The molecule has 0 aliphatic heterocycles. The molecule has 0 amide bonds. The number of nitrogens with one attached hydrogen (secondary N) is 1. The van der Waals surface area contributed by atoms with Crippen LogP contribution in [0.15, 0.2) is 12.3 Å². The van der Waals surface area contributed by atoms with Crippen molar-refractivity contribution >= 4 is 11.8 Å². The molecule has 5 heteroatoms. The molecule has 0 atom stereocenters. The third-order valence-electron chi connectivity index (χ3n) is 3.37. The molecule has 1 saturated carbocycles. The minimum Gasteiger partial charge on any atom is -0.384 e. The monoisotopic (exact) mass is 235 g/mol. The van der Waals surface area contributed by atoms with E-state index in [4.69, 9.17) is 5.73 Å². The van der Waals surface area contributed by atoms with E-state index in [9.17, 15) is 0 Å². The first-order valence-corrected chi connectivity index (χ1v) is 6.28. The SMILES string of the molecule is CN(CCNc1nccc(N)n1)C1CCCC1. The average molecular weight is 235 g/mol. The van der Waals surface area contributed by atoms with Gasteiger partial charge in [0, 0.05) is 25.3 Å². The number of rotatable bonds is 5. The molecule has 1 aliphatic rings. The molecule has 5 nitrogen and oxygen atoms in total. The molecular formula is C12H21N5. The predicted octanol–water partition coefficient (Wildman–Crippen LogP) is 1.35. The summed E-state index contributed by atoms with van der Waals surface area (Å²) in [6, 6.07) is 2.45. The van der Waals surface area contributed by atoms with Gasteiger partial charge in [0.1, 0.15) is 5.82 Å². The van der Waals surface area contributed by atoms with Crippen LogP contribution in [0.5, 0.6) is 0 Å². The lowest BCUT2D eigenvalue weighted by Gasteiger charge is -2.23. The zero-order valence-electron chi connectivity index (χ0n) is 10.4. The predicted molar refractivity (Wildman–Crippen MR) is 69.8 cm³/mol. The number of hydrogen-bond donors (Lipinski definition) is 2. The number of nitrogen functional groups attached to an aromatic ring is 1. The molecule has 94 valence electrons. The van der Waals surface area contributed by atoms with Gasteiger partial charge in [0.25, 0.3) is 0 Å². The second kappa shape index (κ2) is 5.82. The van der Waals surface area contributed by atoms with Crippen molar-refractivity contribution in [2.45, 2.75) is 31.7 Å². The molecule has 3 N–H and O–H groups in total. The van der Waals surface area contributed by atoms with E-state index < -0.39 is 0 Å². The van der Waals surface area contributed by atoms with Crippen LogP contribution in [0, 0.1) is 0 Å². The first-order chi connectivity index (χ1) is 8.25. The third kappa shape index (κ3) is 3.56. The summed E-state index contributed by atoms with van der Waals surface area (Å²) in [5.74, 6) is 1.12. The van der Waals surface area contributed by atoms with E-state index in [-0.39, 0.29) is 0 Å². The highest BCUT2D eigenvalue weighted by molar-refractivity contribution is 5.34. The topological polar surface area (TPSA) is 67.1 Å². The summed E-state index contributed by atoms with van der Waals surface area (Å²) in [7, 11) is 2.19. The summed E-state index contributed by atoms with van der Waals surface area (Å²) in [6.07, 6.45) is 7.10. The van der Waals surface area contributed by atoms with Gasteiger partial charge in [0.2, 0.25) is 5.95 Å². The summed E-state index contributed by atoms with van der Waals surface area (Å²) in [6.45, 7) is 1.87. The summed E-state index contributed by atoms with van der Waals surface area (Å²) in [5, 5.41) is 3.20. The minimum absolute atomic E-state index is 0.506. The van der Waals surface area contributed by atoms with Crippen LogP contribution in [0.25, 0.3) is 0 Å². The number of anilines is 2. The van der Waals surface area contributed by atoms with Gasteiger partial charge in [-0.25, -0.2) is 4.98 Å². The van der Waals surface area contributed by atoms with E-state index in [2.05, 4.69) is 27.2 Å². The summed E-state index contributed by atoms with van der Waals surface area (Å²) in [5.41, 5.74) is 5.59. The Balaban J connectivity index is 1.71. The molecule has 0 unspecified atom stereocenters. The van der Waals surface area contributed by atoms with Crippen molar-refractivity contribution in [3.05, 3.63) is 12.3 Å². The fourth-order valence-corrected chi connectivity index (χ4v) is 2.33. The van der Waals surface area contributed by atoms with Crippen LogP contribution >= 0.6 is 0 Å². The van der Waals surface area contributed by atoms with Crippen LogP contribution in [0.3, 0.4) is 0 Å². The molecule has 1 fully saturated rings. The van der Waals surface area contributed by atoms with Gasteiger partial charge >= 0.3 is 0 Å². The number of nitrogens with two attached hydrogens (primary N) is 1. The highest BCUT2D eigenvalue weighted by Crippen LogP contribution is 2.21. The van der Waals surface area contributed by atoms with Gasteiger partial charge in [-0.15, -0.1) is 0 Å². The Hall–Kier alpha value is -1.36. The fraction of sp³-hybridized carbons (Fsp3) is 0.667.